The molecular weight excluding hydrogens is 442 g/mol. The van der Waals surface area contributed by atoms with Crippen molar-refractivity contribution in [3.63, 3.8) is 0 Å². The molecule has 0 aromatic heterocycles. The van der Waals surface area contributed by atoms with Crippen molar-refractivity contribution in [3.05, 3.63) is 89.5 Å². The van der Waals surface area contributed by atoms with Crippen LogP contribution in [0.2, 0.25) is 0 Å². The SMILES string of the molecule is CC(=O)Nc1ccc(C(=O)Nc2cc(CCc3ccccc3)ccc2NC(=O)OC(C)(C)C)cc1. The van der Waals surface area contributed by atoms with Gasteiger partial charge in [0.1, 0.15) is 5.60 Å². The standard InChI is InChI=1S/C28H31N3O4/c1-19(32)29-23-15-13-22(14-16-23)26(33)30-25-18-21(11-10-20-8-6-5-7-9-20)12-17-24(25)31-27(34)35-28(2,3)4/h5-9,12-18H,10-11H2,1-4H3,(H,29,32)(H,30,33)(H,31,34). The summed E-state index contributed by atoms with van der Waals surface area (Å²) in [5, 5.41) is 8.30. The maximum absolute atomic E-state index is 13.0. The average Bonchev–Trinajstić information content (AvgIpc) is 2.78. The molecule has 7 heteroatoms. The Balaban J connectivity index is 1.80. The summed E-state index contributed by atoms with van der Waals surface area (Å²) in [5.74, 6) is -0.529. The Labute approximate surface area is 205 Å². The van der Waals surface area contributed by atoms with Crippen molar-refractivity contribution < 1.29 is 19.1 Å². The minimum atomic E-state index is -0.654. The average molecular weight is 474 g/mol. The zero-order chi connectivity index (χ0) is 25.4. The van der Waals surface area contributed by atoms with Gasteiger partial charge in [0.05, 0.1) is 11.4 Å². The molecule has 0 bridgehead atoms. The number of ether oxygens (including phenoxy) is 1. The van der Waals surface area contributed by atoms with Crippen LogP contribution < -0.4 is 16.0 Å². The predicted octanol–water partition coefficient (Wildman–Crippen LogP) is 6.03. The van der Waals surface area contributed by atoms with Gasteiger partial charge in [0, 0.05) is 18.2 Å². The maximum atomic E-state index is 13.0. The zero-order valence-corrected chi connectivity index (χ0v) is 20.5. The van der Waals surface area contributed by atoms with Gasteiger partial charge in [0.2, 0.25) is 5.91 Å². The number of carbonyl (C=O) groups excluding carboxylic acids is 3. The number of anilines is 3. The second-order valence-corrected chi connectivity index (χ2v) is 9.21. The van der Waals surface area contributed by atoms with Gasteiger partial charge in [-0.25, -0.2) is 4.79 Å². The molecule has 182 valence electrons. The summed E-state index contributed by atoms with van der Waals surface area (Å²) < 4.78 is 5.37. The first-order valence-electron chi connectivity index (χ1n) is 11.4. The van der Waals surface area contributed by atoms with Gasteiger partial charge >= 0.3 is 6.09 Å². The van der Waals surface area contributed by atoms with Crippen molar-refractivity contribution in [2.24, 2.45) is 0 Å². The fourth-order valence-corrected chi connectivity index (χ4v) is 3.41. The third-order valence-electron chi connectivity index (χ3n) is 4.98. The van der Waals surface area contributed by atoms with E-state index >= 15 is 0 Å². The van der Waals surface area contributed by atoms with Gasteiger partial charge in [-0.05, 0) is 81.1 Å². The lowest BCUT2D eigenvalue weighted by molar-refractivity contribution is -0.114. The minimum absolute atomic E-state index is 0.188. The van der Waals surface area contributed by atoms with Crippen molar-refractivity contribution in [2.75, 3.05) is 16.0 Å². The summed E-state index contributed by atoms with van der Waals surface area (Å²) in [4.78, 5) is 36.6. The Kier molecular flexibility index (Phi) is 8.25. The lowest BCUT2D eigenvalue weighted by Crippen LogP contribution is -2.27. The van der Waals surface area contributed by atoms with Crippen LogP contribution in [0.5, 0.6) is 0 Å². The molecular formula is C28H31N3O4. The van der Waals surface area contributed by atoms with E-state index in [4.69, 9.17) is 4.74 Å². The number of amides is 3. The lowest BCUT2D eigenvalue weighted by atomic mass is 10.0. The number of benzene rings is 3. The van der Waals surface area contributed by atoms with Crippen LogP contribution in [0.15, 0.2) is 72.8 Å². The van der Waals surface area contributed by atoms with Gasteiger partial charge in [0.15, 0.2) is 0 Å². The summed E-state index contributed by atoms with van der Waals surface area (Å²) in [6.45, 7) is 6.77. The van der Waals surface area contributed by atoms with E-state index < -0.39 is 11.7 Å². The highest BCUT2D eigenvalue weighted by molar-refractivity contribution is 6.07. The topological polar surface area (TPSA) is 96.5 Å². The number of nitrogens with one attached hydrogen (secondary N) is 3. The molecule has 3 rings (SSSR count). The van der Waals surface area contributed by atoms with Gasteiger partial charge in [-0.15, -0.1) is 0 Å². The number of hydrogen-bond donors (Lipinski definition) is 3. The lowest BCUT2D eigenvalue weighted by Gasteiger charge is -2.21. The van der Waals surface area contributed by atoms with Crippen molar-refractivity contribution in [3.8, 4) is 0 Å². The van der Waals surface area contributed by atoms with E-state index in [1.54, 1.807) is 51.1 Å². The van der Waals surface area contributed by atoms with E-state index in [0.717, 1.165) is 18.4 Å². The first kappa shape index (κ1) is 25.5. The Bertz CT molecular complexity index is 1180. The Morgan fingerprint density at radius 1 is 0.743 bits per heavy atom. The highest BCUT2D eigenvalue weighted by Gasteiger charge is 2.18. The third kappa shape index (κ3) is 8.30. The number of aryl methyl sites for hydroxylation is 2. The molecule has 0 spiro atoms. The van der Waals surface area contributed by atoms with Crippen LogP contribution >= 0.6 is 0 Å². The Hall–Kier alpha value is -4.13. The van der Waals surface area contributed by atoms with Gasteiger partial charge in [-0.2, -0.15) is 0 Å². The molecule has 3 aromatic rings. The van der Waals surface area contributed by atoms with Crippen LogP contribution in [0.25, 0.3) is 0 Å². The van der Waals surface area contributed by atoms with Crippen molar-refractivity contribution in [1.82, 2.24) is 0 Å². The molecule has 0 aliphatic carbocycles. The van der Waals surface area contributed by atoms with Gasteiger partial charge in [-0.3, -0.25) is 14.9 Å². The number of rotatable bonds is 7. The monoisotopic (exact) mass is 473 g/mol. The molecule has 0 saturated heterocycles. The molecule has 35 heavy (non-hydrogen) atoms. The summed E-state index contributed by atoms with van der Waals surface area (Å²) in [6, 6.07) is 22.3. The first-order valence-corrected chi connectivity index (χ1v) is 11.4. The van der Waals surface area contributed by atoms with Crippen LogP contribution in [0.1, 0.15) is 49.2 Å². The van der Waals surface area contributed by atoms with E-state index in [2.05, 4.69) is 28.1 Å². The van der Waals surface area contributed by atoms with Gasteiger partial charge in [0.25, 0.3) is 5.91 Å². The second kappa shape index (κ2) is 11.3. The molecule has 3 amide bonds. The largest absolute Gasteiger partial charge is 0.444 e. The zero-order valence-electron chi connectivity index (χ0n) is 20.5. The molecule has 0 radical (unpaired) electrons. The first-order chi connectivity index (χ1) is 16.6. The molecule has 0 heterocycles. The molecule has 3 N–H and O–H groups in total. The Morgan fingerprint density at radius 2 is 1.40 bits per heavy atom. The number of carbonyl (C=O) groups is 3. The molecule has 7 nitrogen and oxygen atoms in total. The summed E-state index contributed by atoms with van der Waals surface area (Å²) in [7, 11) is 0. The summed E-state index contributed by atoms with van der Waals surface area (Å²) >= 11 is 0. The van der Waals surface area contributed by atoms with E-state index in [1.165, 1.54) is 12.5 Å². The van der Waals surface area contributed by atoms with Crippen LogP contribution in [0, 0.1) is 0 Å². The highest BCUT2D eigenvalue weighted by atomic mass is 16.6. The predicted molar refractivity (Wildman–Crippen MR) is 139 cm³/mol. The Morgan fingerprint density at radius 3 is 2.03 bits per heavy atom. The highest BCUT2D eigenvalue weighted by Crippen LogP contribution is 2.26. The maximum Gasteiger partial charge on any atom is 0.412 e. The summed E-state index contributed by atoms with van der Waals surface area (Å²) in [5.41, 5.74) is 3.50. The fourth-order valence-electron chi connectivity index (χ4n) is 3.41. The molecule has 0 unspecified atom stereocenters. The molecule has 0 aliphatic heterocycles. The molecule has 3 aromatic carbocycles. The van der Waals surface area contributed by atoms with Gasteiger partial charge < -0.3 is 15.4 Å². The molecule has 0 fully saturated rings. The quantitative estimate of drug-likeness (QED) is 0.390. The number of hydrogen-bond acceptors (Lipinski definition) is 4. The third-order valence-corrected chi connectivity index (χ3v) is 4.98. The van der Waals surface area contributed by atoms with E-state index in [9.17, 15) is 14.4 Å². The second-order valence-electron chi connectivity index (χ2n) is 9.21. The fraction of sp³-hybridized carbons (Fsp3) is 0.250. The van der Waals surface area contributed by atoms with Crippen LogP contribution in [0.4, 0.5) is 21.9 Å². The van der Waals surface area contributed by atoms with Crippen LogP contribution in [-0.2, 0) is 22.4 Å². The molecule has 0 saturated carbocycles. The minimum Gasteiger partial charge on any atom is -0.444 e. The van der Waals surface area contributed by atoms with Crippen molar-refractivity contribution >= 4 is 35.0 Å². The van der Waals surface area contributed by atoms with E-state index in [0.29, 0.717) is 22.6 Å². The summed E-state index contributed by atoms with van der Waals surface area (Å²) in [6.07, 6.45) is 1.01. The van der Waals surface area contributed by atoms with Crippen LogP contribution in [-0.4, -0.2) is 23.5 Å². The molecule has 0 atom stereocenters. The van der Waals surface area contributed by atoms with Crippen molar-refractivity contribution in [2.45, 2.75) is 46.1 Å². The van der Waals surface area contributed by atoms with Crippen LogP contribution in [0.3, 0.4) is 0 Å². The van der Waals surface area contributed by atoms with E-state index in [-0.39, 0.29) is 11.8 Å². The van der Waals surface area contributed by atoms with E-state index in [1.807, 2.05) is 30.3 Å². The normalized spacial score (nSPS) is 10.9. The van der Waals surface area contributed by atoms with Gasteiger partial charge in [-0.1, -0.05) is 36.4 Å². The van der Waals surface area contributed by atoms with Crippen molar-refractivity contribution in [1.29, 1.82) is 0 Å². The smallest absolute Gasteiger partial charge is 0.412 e. The molecule has 0 aliphatic rings.